The van der Waals surface area contributed by atoms with Gasteiger partial charge in [0.15, 0.2) is 6.61 Å². The largest absolute Gasteiger partial charge is 0.484 e. The van der Waals surface area contributed by atoms with Gasteiger partial charge in [0.05, 0.1) is 0 Å². The minimum atomic E-state index is 0.0899. The van der Waals surface area contributed by atoms with E-state index >= 15 is 0 Å². The summed E-state index contributed by atoms with van der Waals surface area (Å²) in [6.45, 7) is 7.15. The number of rotatable bonds is 7. The van der Waals surface area contributed by atoms with Crippen molar-refractivity contribution in [2.45, 2.75) is 26.2 Å². The van der Waals surface area contributed by atoms with E-state index in [4.69, 9.17) is 4.74 Å². The summed E-state index contributed by atoms with van der Waals surface area (Å²) in [5.74, 6) is 0.844. The number of unbranched alkanes of at least 4 members (excludes halogenated alkanes) is 2. The van der Waals surface area contributed by atoms with Gasteiger partial charge in [0.2, 0.25) is 0 Å². The predicted octanol–water partition coefficient (Wildman–Crippen LogP) is 2.40. The van der Waals surface area contributed by atoms with E-state index in [1.54, 1.807) is 0 Å². The number of hydrogen-bond acceptors (Lipinski definition) is 3. The molecule has 4 nitrogen and oxygen atoms in total. The van der Waals surface area contributed by atoms with E-state index in [0.717, 1.165) is 38.5 Å². The van der Waals surface area contributed by atoms with E-state index in [1.807, 2.05) is 35.2 Å². The van der Waals surface area contributed by atoms with Gasteiger partial charge in [0, 0.05) is 26.2 Å². The summed E-state index contributed by atoms with van der Waals surface area (Å²) < 4.78 is 5.52. The third-order valence-electron chi connectivity index (χ3n) is 3.91. The molecular formula is C17H26N2O2. The maximum Gasteiger partial charge on any atom is 0.260 e. The average molecular weight is 290 g/mol. The van der Waals surface area contributed by atoms with Gasteiger partial charge in [-0.25, -0.2) is 0 Å². The first kappa shape index (κ1) is 15.8. The fourth-order valence-corrected chi connectivity index (χ4v) is 2.56. The highest BCUT2D eigenvalue weighted by molar-refractivity contribution is 5.77. The second-order valence-corrected chi connectivity index (χ2v) is 5.53. The van der Waals surface area contributed by atoms with Crippen LogP contribution in [0.15, 0.2) is 30.3 Å². The van der Waals surface area contributed by atoms with Gasteiger partial charge in [0.25, 0.3) is 5.91 Å². The molecule has 0 aromatic heterocycles. The van der Waals surface area contributed by atoms with E-state index in [1.165, 1.54) is 19.3 Å². The van der Waals surface area contributed by atoms with Crippen LogP contribution in [-0.4, -0.2) is 55.0 Å². The molecule has 116 valence electrons. The standard InChI is InChI=1S/C17H26N2O2/c1-2-3-7-10-18-11-13-19(14-12-18)17(20)15-21-16-8-5-4-6-9-16/h4-6,8-9H,2-3,7,10-15H2,1H3. The zero-order valence-electron chi connectivity index (χ0n) is 13.0. The van der Waals surface area contributed by atoms with Crippen LogP contribution in [0.3, 0.4) is 0 Å². The molecule has 0 aliphatic carbocycles. The number of carbonyl (C=O) groups is 1. The van der Waals surface area contributed by atoms with Gasteiger partial charge in [-0.2, -0.15) is 0 Å². The molecule has 0 saturated carbocycles. The second-order valence-electron chi connectivity index (χ2n) is 5.53. The number of hydrogen-bond donors (Lipinski definition) is 0. The van der Waals surface area contributed by atoms with E-state index in [2.05, 4.69) is 11.8 Å². The summed E-state index contributed by atoms with van der Waals surface area (Å²) in [6.07, 6.45) is 3.82. The van der Waals surface area contributed by atoms with Crippen LogP contribution in [0.4, 0.5) is 0 Å². The molecule has 0 N–H and O–H groups in total. The van der Waals surface area contributed by atoms with Crippen LogP contribution in [0.1, 0.15) is 26.2 Å². The molecule has 1 heterocycles. The molecule has 0 unspecified atom stereocenters. The number of amides is 1. The van der Waals surface area contributed by atoms with Crippen molar-refractivity contribution in [3.8, 4) is 5.75 Å². The SMILES string of the molecule is CCCCCN1CCN(C(=O)COc2ccccc2)CC1. The van der Waals surface area contributed by atoms with Gasteiger partial charge >= 0.3 is 0 Å². The highest BCUT2D eigenvalue weighted by Gasteiger charge is 2.20. The lowest BCUT2D eigenvalue weighted by Crippen LogP contribution is -2.50. The van der Waals surface area contributed by atoms with Crippen LogP contribution in [0.2, 0.25) is 0 Å². The summed E-state index contributed by atoms with van der Waals surface area (Å²) in [5, 5.41) is 0. The molecule has 1 aromatic rings. The highest BCUT2D eigenvalue weighted by atomic mass is 16.5. The van der Waals surface area contributed by atoms with Crippen LogP contribution < -0.4 is 4.74 Å². The van der Waals surface area contributed by atoms with Crippen molar-refractivity contribution in [1.82, 2.24) is 9.80 Å². The third-order valence-corrected chi connectivity index (χ3v) is 3.91. The topological polar surface area (TPSA) is 32.8 Å². The maximum atomic E-state index is 12.1. The zero-order valence-corrected chi connectivity index (χ0v) is 13.0. The summed E-state index contributed by atoms with van der Waals surface area (Å²) in [5.41, 5.74) is 0. The molecule has 4 heteroatoms. The lowest BCUT2D eigenvalue weighted by atomic mass is 10.2. The molecule has 0 bridgehead atoms. The number of ether oxygens (including phenoxy) is 1. The summed E-state index contributed by atoms with van der Waals surface area (Å²) in [4.78, 5) is 16.5. The third kappa shape index (κ3) is 5.38. The molecular weight excluding hydrogens is 264 g/mol. The number of nitrogens with zero attached hydrogens (tertiary/aromatic N) is 2. The van der Waals surface area contributed by atoms with Crippen LogP contribution in [0.5, 0.6) is 5.75 Å². The zero-order chi connectivity index (χ0) is 14.9. The van der Waals surface area contributed by atoms with Gasteiger partial charge in [-0.15, -0.1) is 0 Å². The van der Waals surface area contributed by atoms with Crippen LogP contribution >= 0.6 is 0 Å². The van der Waals surface area contributed by atoms with Gasteiger partial charge in [-0.3, -0.25) is 9.69 Å². The fourth-order valence-electron chi connectivity index (χ4n) is 2.56. The molecule has 21 heavy (non-hydrogen) atoms. The Bertz CT molecular complexity index is 414. The Labute approximate surface area is 127 Å². The summed E-state index contributed by atoms with van der Waals surface area (Å²) in [7, 11) is 0. The molecule has 1 amide bonds. The number of benzene rings is 1. The van der Waals surface area contributed by atoms with Gasteiger partial charge in [0.1, 0.15) is 5.75 Å². The second kappa shape index (κ2) is 8.67. The predicted molar refractivity (Wildman–Crippen MR) is 84.5 cm³/mol. The first-order valence-electron chi connectivity index (χ1n) is 7.97. The maximum absolute atomic E-state index is 12.1. The number of carbonyl (C=O) groups excluding carboxylic acids is 1. The smallest absolute Gasteiger partial charge is 0.260 e. The average Bonchev–Trinajstić information content (AvgIpc) is 2.54. The Morgan fingerprint density at radius 3 is 2.48 bits per heavy atom. The minimum Gasteiger partial charge on any atom is -0.484 e. The van der Waals surface area contributed by atoms with E-state index in [-0.39, 0.29) is 12.5 Å². The fraction of sp³-hybridized carbons (Fsp3) is 0.588. The molecule has 1 fully saturated rings. The first-order chi connectivity index (χ1) is 10.3. The molecule has 1 aliphatic heterocycles. The quantitative estimate of drug-likeness (QED) is 0.723. The molecule has 1 aromatic carbocycles. The Morgan fingerprint density at radius 1 is 1.10 bits per heavy atom. The lowest BCUT2D eigenvalue weighted by molar-refractivity contribution is -0.135. The van der Waals surface area contributed by atoms with Crippen LogP contribution in [-0.2, 0) is 4.79 Å². The van der Waals surface area contributed by atoms with Crippen molar-refractivity contribution in [2.75, 3.05) is 39.3 Å². The normalized spacial score (nSPS) is 16.0. The molecule has 0 atom stereocenters. The molecule has 1 saturated heterocycles. The molecule has 2 rings (SSSR count). The van der Waals surface area contributed by atoms with Gasteiger partial charge in [-0.1, -0.05) is 38.0 Å². The highest BCUT2D eigenvalue weighted by Crippen LogP contribution is 2.09. The van der Waals surface area contributed by atoms with Gasteiger partial charge < -0.3 is 9.64 Å². The van der Waals surface area contributed by atoms with Crippen molar-refractivity contribution >= 4 is 5.91 Å². The number of piperazine rings is 1. The minimum absolute atomic E-state index is 0.0899. The Kier molecular flexibility index (Phi) is 6.54. The first-order valence-corrected chi connectivity index (χ1v) is 7.97. The van der Waals surface area contributed by atoms with E-state index in [0.29, 0.717) is 0 Å². The lowest BCUT2D eigenvalue weighted by Gasteiger charge is -2.34. The van der Waals surface area contributed by atoms with E-state index < -0.39 is 0 Å². The number of para-hydroxylation sites is 1. The van der Waals surface area contributed by atoms with Crippen molar-refractivity contribution in [2.24, 2.45) is 0 Å². The van der Waals surface area contributed by atoms with Crippen LogP contribution in [0, 0.1) is 0 Å². The van der Waals surface area contributed by atoms with Crippen molar-refractivity contribution in [3.63, 3.8) is 0 Å². The van der Waals surface area contributed by atoms with Gasteiger partial charge in [-0.05, 0) is 25.1 Å². The Morgan fingerprint density at radius 2 is 1.81 bits per heavy atom. The molecule has 0 spiro atoms. The molecule has 0 radical (unpaired) electrons. The van der Waals surface area contributed by atoms with Crippen molar-refractivity contribution in [3.05, 3.63) is 30.3 Å². The Balaban J connectivity index is 1.66. The van der Waals surface area contributed by atoms with Crippen molar-refractivity contribution in [1.29, 1.82) is 0 Å². The van der Waals surface area contributed by atoms with Crippen LogP contribution in [0.25, 0.3) is 0 Å². The van der Waals surface area contributed by atoms with Crippen molar-refractivity contribution < 1.29 is 9.53 Å². The molecule has 1 aliphatic rings. The van der Waals surface area contributed by atoms with E-state index in [9.17, 15) is 4.79 Å². The Hall–Kier alpha value is -1.55. The monoisotopic (exact) mass is 290 g/mol. The summed E-state index contributed by atoms with van der Waals surface area (Å²) >= 11 is 0. The summed E-state index contributed by atoms with van der Waals surface area (Å²) in [6, 6.07) is 9.51.